The van der Waals surface area contributed by atoms with Crippen LogP contribution in [-0.2, 0) is 17.9 Å². The first-order valence-electron chi connectivity index (χ1n) is 13.8. The highest BCUT2D eigenvalue weighted by atomic mass is 79.9. The number of amides is 1. The molecule has 43 heavy (non-hydrogen) atoms. The van der Waals surface area contributed by atoms with Crippen molar-refractivity contribution in [2.24, 2.45) is 0 Å². The van der Waals surface area contributed by atoms with Crippen LogP contribution in [0.3, 0.4) is 0 Å². The van der Waals surface area contributed by atoms with E-state index in [4.69, 9.17) is 21.3 Å². The Balaban J connectivity index is 1.09. The van der Waals surface area contributed by atoms with Crippen molar-refractivity contribution in [3.63, 3.8) is 0 Å². The first-order chi connectivity index (χ1) is 21.0. The van der Waals surface area contributed by atoms with Gasteiger partial charge >= 0.3 is 0 Å². The Labute approximate surface area is 261 Å². The van der Waals surface area contributed by atoms with Crippen molar-refractivity contribution in [3.05, 3.63) is 141 Å². The fraction of sp³-hybridized carbons (Fsp3) is 0.0882. The van der Waals surface area contributed by atoms with E-state index in [1.807, 2.05) is 91.0 Å². The molecule has 0 atom stereocenters. The Hall–Kier alpha value is -4.66. The predicted octanol–water partition coefficient (Wildman–Crippen LogP) is 7.98. The van der Waals surface area contributed by atoms with E-state index in [1.165, 1.54) is 0 Å². The molecule has 0 saturated carbocycles. The third-order valence-electron chi connectivity index (χ3n) is 7.45. The molecule has 0 aliphatic carbocycles. The fourth-order valence-electron chi connectivity index (χ4n) is 5.39. The second-order valence-electron chi connectivity index (χ2n) is 10.2. The number of hydrogen-bond donors (Lipinski definition) is 2. The van der Waals surface area contributed by atoms with Crippen LogP contribution in [0.4, 0.5) is 5.82 Å². The zero-order valence-electron chi connectivity index (χ0n) is 22.8. The highest BCUT2D eigenvalue weighted by Gasteiger charge is 2.32. The Bertz CT molecular complexity index is 1950. The highest BCUT2D eigenvalue weighted by Crippen LogP contribution is 2.44. The number of nitrogens with one attached hydrogen (secondary N) is 2. The average Bonchev–Trinajstić information content (AvgIpc) is 3.42. The van der Waals surface area contributed by atoms with Crippen molar-refractivity contribution >= 4 is 44.9 Å². The molecule has 1 aliphatic heterocycles. The van der Waals surface area contributed by atoms with Crippen LogP contribution in [0.2, 0.25) is 5.02 Å². The van der Waals surface area contributed by atoms with Gasteiger partial charge in [-0.15, -0.1) is 0 Å². The summed E-state index contributed by atoms with van der Waals surface area (Å²) in [5.41, 5.74) is 6.06. The molecule has 7 nitrogen and oxygen atoms in total. The molecule has 6 aromatic rings. The smallest absolute Gasteiger partial charge is 0.232 e. The zero-order chi connectivity index (χ0) is 29.3. The lowest BCUT2D eigenvalue weighted by Gasteiger charge is -2.27. The molecule has 0 fully saturated rings. The van der Waals surface area contributed by atoms with Crippen molar-refractivity contribution < 1.29 is 9.53 Å². The molecule has 1 aliphatic rings. The van der Waals surface area contributed by atoms with Gasteiger partial charge in [0, 0.05) is 40.9 Å². The van der Waals surface area contributed by atoms with Gasteiger partial charge in [-0.1, -0.05) is 90.5 Å². The third kappa shape index (κ3) is 5.35. The van der Waals surface area contributed by atoms with Gasteiger partial charge in [-0.25, -0.2) is 4.98 Å². The molecule has 0 saturated heterocycles. The first-order valence-corrected chi connectivity index (χ1v) is 15.0. The zero-order valence-corrected chi connectivity index (χ0v) is 25.1. The number of para-hydroxylation sites is 2. The largest absolute Gasteiger partial charge is 0.457 e. The van der Waals surface area contributed by atoms with Gasteiger partial charge in [0.2, 0.25) is 5.91 Å². The molecular formula is C34H25BrClN5O2. The molecule has 0 radical (unpaired) electrons. The maximum atomic E-state index is 13.6. The van der Waals surface area contributed by atoms with Crippen molar-refractivity contribution in [3.8, 4) is 22.8 Å². The molecule has 2 aromatic heterocycles. The summed E-state index contributed by atoms with van der Waals surface area (Å²) in [5, 5.41) is 11.8. The van der Waals surface area contributed by atoms with Crippen LogP contribution < -0.4 is 15.4 Å². The number of halogens is 2. The molecule has 1 amide bonds. The number of aromatic nitrogens is 3. The Morgan fingerprint density at radius 3 is 2.28 bits per heavy atom. The molecule has 7 rings (SSSR count). The lowest BCUT2D eigenvalue weighted by atomic mass is 9.87. The molecule has 0 bridgehead atoms. The van der Waals surface area contributed by atoms with E-state index in [-0.39, 0.29) is 5.91 Å². The summed E-state index contributed by atoms with van der Waals surface area (Å²) in [5.74, 6) is 1.69. The highest BCUT2D eigenvalue weighted by molar-refractivity contribution is 9.10. The topological polar surface area (TPSA) is 80.5 Å². The number of ether oxygens (including phenoxy) is 1. The van der Waals surface area contributed by atoms with Crippen molar-refractivity contribution in [1.29, 1.82) is 0 Å². The number of fused-ring (bicyclic) bond motifs is 3. The lowest BCUT2D eigenvalue weighted by Crippen LogP contribution is -2.31. The molecule has 9 heteroatoms. The summed E-state index contributed by atoms with van der Waals surface area (Å²) in [6.45, 7) is 0.942. The van der Waals surface area contributed by atoms with E-state index in [1.54, 1.807) is 10.7 Å². The van der Waals surface area contributed by atoms with Gasteiger partial charge in [-0.05, 0) is 45.3 Å². The number of carbonyl (C=O) groups is 1. The summed E-state index contributed by atoms with van der Waals surface area (Å²) < 4.78 is 8.61. The summed E-state index contributed by atoms with van der Waals surface area (Å²) in [7, 11) is 0. The van der Waals surface area contributed by atoms with Gasteiger partial charge in [0.1, 0.15) is 17.3 Å². The second kappa shape index (κ2) is 11.6. The molecule has 0 unspecified atom stereocenters. The van der Waals surface area contributed by atoms with Crippen LogP contribution in [-0.4, -0.2) is 20.5 Å². The van der Waals surface area contributed by atoms with Crippen molar-refractivity contribution in [1.82, 2.24) is 19.9 Å². The van der Waals surface area contributed by atoms with Crippen LogP contribution in [0.15, 0.2) is 114 Å². The standard InChI is InChI=1S/C34H25BrClN5O2/c35-26-20-39-41-31(17-28(40-33(26)41)23-10-1-4-13-27(23)36)37-18-21-8-7-9-22(16-21)19-38-34(42)32-24-11-2-5-14-29(24)43-30-15-6-3-12-25(30)32/h1-17,20,32,37H,18-19H2,(H,38,42). The number of hydrogen-bond acceptors (Lipinski definition) is 5. The summed E-state index contributed by atoms with van der Waals surface area (Å²) in [6, 6.07) is 33.1. The van der Waals surface area contributed by atoms with E-state index in [2.05, 4.69) is 43.8 Å². The van der Waals surface area contributed by atoms with Crippen LogP contribution in [0.5, 0.6) is 11.5 Å². The molecule has 2 N–H and O–H groups in total. The minimum Gasteiger partial charge on any atom is -0.457 e. The number of rotatable bonds is 7. The summed E-state index contributed by atoms with van der Waals surface area (Å²) >= 11 is 10.0. The normalized spacial score (nSPS) is 12.3. The third-order valence-corrected chi connectivity index (χ3v) is 8.34. The number of anilines is 1. The maximum absolute atomic E-state index is 13.6. The van der Waals surface area contributed by atoms with Gasteiger partial charge in [-0.3, -0.25) is 4.79 Å². The van der Waals surface area contributed by atoms with Crippen LogP contribution >= 0.6 is 27.5 Å². The van der Waals surface area contributed by atoms with E-state index >= 15 is 0 Å². The van der Waals surface area contributed by atoms with E-state index in [0.717, 1.165) is 43.8 Å². The number of carbonyl (C=O) groups excluding carboxylic acids is 1. The molecule has 0 spiro atoms. The molecule has 212 valence electrons. The first kappa shape index (κ1) is 27.2. The Morgan fingerprint density at radius 1 is 0.860 bits per heavy atom. The number of benzene rings is 4. The average molecular weight is 651 g/mol. The van der Waals surface area contributed by atoms with E-state index in [9.17, 15) is 4.79 Å². The summed E-state index contributed by atoms with van der Waals surface area (Å²) in [4.78, 5) is 18.4. The van der Waals surface area contributed by atoms with Gasteiger partial charge in [0.15, 0.2) is 5.65 Å². The SMILES string of the molecule is O=C(NCc1cccc(CNc2cc(-c3ccccc3Cl)nc3c(Br)cnn23)c1)C1c2ccccc2Oc2ccccc21. The minimum atomic E-state index is -0.444. The van der Waals surface area contributed by atoms with Crippen LogP contribution in [0.25, 0.3) is 16.9 Å². The van der Waals surface area contributed by atoms with Crippen LogP contribution in [0.1, 0.15) is 28.2 Å². The van der Waals surface area contributed by atoms with Gasteiger partial charge in [-0.2, -0.15) is 9.61 Å². The lowest BCUT2D eigenvalue weighted by molar-refractivity contribution is -0.122. The van der Waals surface area contributed by atoms with Crippen molar-refractivity contribution in [2.45, 2.75) is 19.0 Å². The molecule has 4 aromatic carbocycles. The quantitative estimate of drug-likeness (QED) is 0.183. The Morgan fingerprint density at radius 2 is 1.53 bits per heavy atom. The van der Waals surface area contributed by atoms with Gasteiger partial charge < -0.3 is 15.4 Å². The molecular weight excluding hydrogens is 626 g/mol. The monoisotopic (exact) mass is 649 g/mol. The van der Waals surface area contributed by atoms with Gasteiger partial charge in [0.05, 0.1) is 22.3 Å². The Kier molecular flexibility index (Phi) is 7.30. The van der Waals surface area contributed by atoms with Crippen molar-refractivity contribution in [2.75, 3.05) is 5.32 Å². The van der Waals surface area contributed by atoms with E-state index < -0.39 is 5.92 Å². The fourth-order valence-corrected chi connectivity index (χ4v) is 5.98. The van der Waals surface area contributed by atoms with Gasteiger partial charge in [0.25, 0.3) is 0 Å². The number of nitrogens with zero attached hydrogens (tertiary/aromatic N) is 3. The predicted molar refractivity (Wildman–Crippen MR) is 172 cm³/mol. The maximum Gasteiger partial charge on any atom is 0.232 e. The van der Waals surface area contributed by atoms with E-state index in [0.29, 0.717) is 35.3 Å². The van der Waals surface area contributed by atoms with Crippen LogP contribution in [0, 0.1) is 0 Å². The second-order valence-corrected chi connectivity index (χ2v) is 11.5. The minimum absolute atomic E-state index is 0.0673. The summed E-state index contributed by atoms with van der Waals surface area (Å²) in [6.07, 6.45) is 1.72. The molecule has 3 heterocycles.